The van der Waals surface area contributed by atoms with Gasteiger partial charge in [0.1, 0.15) is 5.75 Å². The van der Waals surface area contributed by atoms with Crippen LogP contribution in [0.1, 0.15) is 49.9 Å². The van der Waals surface area contributed by atoms with Crippen molar-refractivity contribution in [3.05, 3.63) is 41.7 Å². The topological polar surface area (TPSA) is 64.1 Å². The Labute approximate surface area is 165 Å². The minimum absolute atomic E-state index is 0.174. The van der Waals surface area contributed by atoms with Crippen molar-refractivity contribution in [2.75, 3.05) is 5.32 Å². The first-order chi connectivity index (χ1) is 13.5. The average molecular weight is 377 g/mol. The Balaban J connectivity index is 1.36. The third kappa shape index (κ3) is 3.07. The van der Waals surface area contributed by atoms with Crippen LogP contribution in [0.15, 0.2) is 30.3 Å². The Bertz CT molecular complexity index is 851. The van der Waals surface area contributed by atoms with Crippen LogP contribution in [0, 0.1) is 37.0 Å². The maximum absolute atomic E-state index is 13.3. The molecule has 4 bridgehead atoms. The van der Waals surface area contributed by atoms with E-state index >= 15 is 0 Å². The number of anilines is 1. The summed E-state index contributed by atoms with van der Waals surface area (Å²) in [6.45, 7) is 3.81. The second kappa shape index (κ2) is 6.57. The minimum atomic E-state index is -0.174. The first-order valence-electron chi connectivity index (χ1n) is 10.4. The lowest BCUT2D eigenvalue weighted by atomic mass is 9.49. The first-order valence-corrected chi connectivity index (χ1v) is 10.4. The number of carbonyl (C=O) groups excluding carboxylic acids is 1. The molecule has 0 aliphatic heterocycles. The molecule has 1 N–H and O–H groups in total. The van der Waals surface area contributed by atoms with Crippen molar-refractivity contribution in [3.63, 3.8) is 0 Å². The van der Waals surface area contributed by atoms with Crippen LogP contribution in [0.25, 0.3) is 0 Å². The molecular formula is C23H27N3O2. The molecule has 1 heterocycles. The van der Waals surface area contributed by atoms with Gasteiger partial charge in [-0.1, -0.05) is 18.2 Å². The predicted molar refractivity (Wildman–Crippen MR) is 107 cm³/mol. The lowest BCUT2D eigenvalue weighted by Gasteiger charge is -2.55. The lowest BCUT2D eigenvalue weighted by molar-refractivity contribution is -0.140. The predicted octanol–water partition coefficient (Wildman–Crippen LogP) is 5.04. The van der Waals surface area contributed by atoms with Gasteiger partial charge in [0.2, 0.25) is 5.91 Å². The number of rotatable bonds is 4. The minimum Gasteiger partial charge on any atom is -0.424 e. The molecule has 4 fully saturated rings. The van der Waals surface area contributed by atoms with Crippen molar-refractivity contribution < 1.29 is 9.53 Å². The number of hydrogen-bond donors (Lipinski definition) is 1. The number of aryl methyl sites for hydroxylation is 2. The van der Waals surface area contributed by atoms with E-state index in [1.807, 2.05) is 44.2 Å². The number of para-hydroxylation sites is 1. The highest BCUT2D eigenvalue weighted by atomic mass is 16.5. The number of ether oxygens (including phenoxy) is 1. The van der Waals surface area contributed by atoms with Gasteiger partial charge in [-0.3, -0.25) is 4.79 Å². The van der Waals surface area contributed by atoms with Crippen LogP contribution < -0.4 is 10.1 Å². The molecule has 5 nitrogen and oxygen atoms in total. The smallest absolute Gasteiger partial charge is 0.322 e. The molecule has 0 spiro atoms. The van der Waals surface area contributed by atoms with E-state index in [-0.39, 0.29) is 11.3 Å². The average Bonchev–Trinajstić information content (AvgIpc) is 2.64. The fourth-order valence-electron chi connectivity index (χ4n) is 6.14. The maximum atomic E-state index is 13.3. The summed E-state index contributed by atoms with van der Waals surface area (Å²) in [6.07, 6.45) is 7.16. The Kier molecular flexibility index (Phi) is 4.14. The molecule has 6 rings (SSSR count). The molecule has 0 saturated heterocycles. The van der Waals surface area contributed by atoms with E-state index < -0.39 is 0 Å². The Morgan fingerprint density at radius 2 is 1.50 bits per heavy atom. The molecule has 0 radical (unpaired) electrons. The molecule has 1 amide bonds. The molecule has 4 aliphatic rings. The van der Waals surface area contributed by atoms with Gasteiger partial charge in [-0.15, -0.1) is 0 Å². The lowest BCUT2D eigenvalue weighted by Crippen LogP contribution is -2.51. The highest BCUT2D eigenvalue weighted by Crippen LogP contribution is 2.60. The van der Waals surface area contributed by atoms with E-state index in [9.17, 15) is 4.79 Å². The third-order valence-corrected chi connectivity index (χ3v) is 6.96. The van der Waals surface area contributed by atoms with Gasteiger partial charge in [-0.2, -0.15) is 9.97 Å². The van der Waals surface area contributed by atoms with Gasteiger partial charge in [0.05, 0.1) is 22.5 Å². The van der Waals surface area contributed by atoms with Crippen molar-refractivity contribution >= 4 is 11.6 Å². The number of benzene rings is 1. The van der Waals surface area contributed by atoms with Crippen molar-refractivity contribution in [3.8, 4) is 11.8 Å². The summed E-state index contributed by atoms with van der Waals surface area (Å²) in [5, 5.41) is 3.21. The van der Waals surface area contributed by atoms with Gasteiger partial charge in [-0.25, -0.2) is 0 Å². The second-order valence-corrected chi connectivity index (χ2v) is 9.12. The molecule has 5 heteroatoms. The zero-order valence-corrected chi connectivity index (χ0v) is 16.6. The van der Waals surface area contributed by atoms with Crippen LogP contribution in [-0.4, -0.2) is 15.9 Å². The van der Waals surface area contributed by atoms with Crippen LogP contribution in [0.3, 0.4) is 0 Å². The van der Waals surface area contributed by atoms with Crippen LogP contribution in [-0.2, 0) is 4.79 Å². The van der Waals surface area contributed by atoms with Gasteiger partial charge in [-0.05, 0) is 82.3 Å². The normalized spacial score (nSPS) is 30.3. The highest BCUT2D eigenvalue weighted by molar-refractivity contribution is 5.96. The molecule has 28 heavy (non-hydrogen) atoms. The number of aromatic nitrogens is 2. The zero-order valence-electron chi connectivity index (χ0n) is 16.6. The SMILES string of the molecule is Cc1nc(Oc2ccccc2)nc(C)c1NC(=O)C12CC3CC(CC(C3)C1)C2. The van der Waals surface area contributed by atoms with E-state index in [1.54, 1.807) is 0 Å². The maximum Gasteiger partial charge on any atom is 0.322 e. The van der Waals surface area contributed by atoms with E-state index in [4.69, 9.17) is 4.74 Å². The third-order valence-electron chi connectivity index (χ3n) is 6.96. The molecule has 0 unspecified atom stereocenters. The number of carbonyl (C=O) groups is 1. The Morgan fingerprint density at radius 1 is 0.964 bits per heavy atom. The molecule has 4 aliphatic carbocycles. The van der Waals surface area contributed by atoms with Gasteiger partial charge >= 0.3 is 6.01 Å². The van der Waals surface area contributed by atoms with Gasteiger partial charge in [0.25, 0.3) is 0 Å². The second-order valence-electron chi connectivity index (χ2n) is 9.12. The number of amides is 1. The van der Waals surface area contributed by atoms with Crippen LogP contribution >= 0.6 is 0 Å². The molecule has 0 atom stereocenters. The summed E-state index contributed by atoms with van der Waals surface area (Å²) < 4.78 is 5.77. The monoisotopic (exact) mass is 377 g/mol. The van der Waals surface area contributed by atoms with Crippen LogP contribution in [0.2, 0.25) is 0 Å². The summed E-state index contributed by atoms with van der Waals surface area (Å²) in [7, 11) is 0. The van der Waals surface area contributed by atoms with Crippen molar-refractivity contribution in [1.29, 1.82) is 0 Å². The molecule has 146 valence electrons. The van der Waals surface area contributed by atoms with Crippen LogP contribution in [0.4, 0.5) is 5.69 Å². The van der Waals surface area contributed by atoms with Gasteiger partial charge in [0.15, 0.2) is 0 Å². The Hall–Kier alpha value is -2.43. The van der Waals surface area contributed by atoms with E-state index in [0.29, 0.717) is 11.8 Å². The van der Waals surface area contributed by atoms with Crippen molar-refractivity contribution in [1.82, 2.24) is 9.97 Å². The van der Waals surface area contributed by atoms with Crippen molar-refractivity contribution in [2.45, 2.75) is 52.4 Å². The molecule has 2 aromatic rings. The van der Waals surface area contributed by atoms with E-state index in [0.717, 1.165) is 54.1 Å². The van der Waals surface area contributed by atoms with E-state index in [2.05, 4.69) is 15.3 Å². The number of nitrogens with one attached hydrogen (secondary N) is 1. The number of nitrogens with zero attached hydrogens (tertiary/aromatic N) is 2. The summed E-state index contributed by atoms with van der Waals surface area (Å²) in [6, 6.07) is 9.82. The standard InChI is InChI=1S/C23H27N3O2/c1-14-20(15(2)25-22(24-14)28-19-6-4-3-5-7-19)26-21(27)23-11-16-8-17(12-23)10-18(9-16)13-23/h3-7,16-18H,8-13H2,1-2H3,(H,26,27). The zero-order chi connectivity index (χ0) is 19.3. The van der Waals surface area contributed by atoms with Gasteiger partial charge < -0.3 is 10.1 Å². The molecule has 1 aromatic heterocycles. The molecule has 4 saturated carbocycles. The largest absolute Gasteiger partial charge is 0.424 e. The quantitative estimate of drug-likeness (QED) is 0.811. The van der Waals surface area contributed by atoms with Crippen molar-refractivity contribution in [2.24, 2.45) is 23.2 Å². The fraction of sp³-hybridized carbons (Fsp3) is 0.522. The van der Waals surface area contributed by atoms with E-state index in [1.165, 1.54) is 19.3 Å². The Morgan fingerprint density at radius 3 is 2.04 bits per heavy atom. The number of hydrogen-bond acceptors (Lipinski definition) is 4. The summed E-state index contributed by atoms with van der Waals surface area (Å²) in [5.41, 5.74) is 2.06. The van der Waals surface area contributed by atoms with Gasteiger partial charge in [0, 0.05) is 0 Å². The summed E-state index contributed by atoms with van der Waals surface area (Å²) in [4.78, 5) is 22.3. The highest BCUT2D eigenvalue weighted by Gasteiger charge is 2.54. The summed E-state index contributed by atoms with van der Waals surface area (Å²) in [5.74, 6) is 3.12. The van der Waals surface area contributed by atoms with Crippen LogP contribution in [0.5, 0.6) is 11.8 Å². The summed E-state index contributed by atoms with van der Waals surface area (Å²) >= 11 is 0. The molecule has 1 aromatic carbocycles. The first kappa shape index (κ1) is 17.7. The molecular weight excluding hydrogens is 350 g/mol. The fourth-order valence-corrected chi connectivity index (χ4v) is 6.14.